The number of methoxy groups -OCH3 is 1. The van der Waals surface area contributed by atoms with E-state index in [0.29, 0.717) is 40.5 Å². The number of alkyl halides is 3. The van der Waals surface area contributed by atoms with E-state index in [-0.39, 0.29) is 11.3 Å². The molecule has 0 fully saturated rings. The van der Waals surface area contributed by atoms with Gasteiger partial charge in [0.05, 0.1) is 29.1 Å². The number of fused-ring (bicyclic) bond motifs is 4. The van der Waals surface area contributed by atoms with Crippen LogP contribution in [0.1, 0.15) is 36.1 Å². The molecule has 3 aromatic rings. The summed E-state index contributed by atoms with van der Waals surface area (Å²) in [6.07, 6.45) is -0.987. The third kappa shape index (κ3) is 2.60. The van der Waals surface area contributed by atoms with Crippen LogP contribution in [0.25, 0.3) is 21.8 Å². The molecule has 25 heavy (non-hydrogen) atoms. The fraction of sp³-hybridized carbons (Fsp3) is 0.368. The molecule has 1 aliphatic rings. The third-order valence-corrected chi connectivity index (χ3v) is 4.80. The Hall–Kier alpha value is -2.37. The van der Waals surface area contributed by atoms with Gasteiger partial charge in [-0.15, -0.1) is 0 Å². The highest BCUT2D eigenvalue weighted by atomic mass is 19.4. The molecule has 1 aromatic carbocycles. The van der Waals surface area contributed by atoms with Crippen LogP contribution in [0.3, 0.4) is 0 Å². The quantitative estimate of drug-likeness (QED) is 0.455. The van der Waals surface area contributed by atoms with E-state index in [1.54, 1.807) is 24.3 Å². The highest BCUT2D eigenvalue weighted by Crippen LogP contribution is 2.44. The Labute approximate surface area is 142 Å². The van der Waals surface area contributed by atoms with Crippen molar-refractivity contribution in [3.05, 3.63) is 41.1 Å². The average molecular weight is 346 g/mol. The van der Waals surface area contributed by atoms with Gasteiger partial charge in [0.1, 0.15) is 0 Å². The number of rotatable bonds is 1. The number of pyridine rings is 2. The molecule has 4 rings (SSSR count). The average Bonchev–Trinajstić information content (AvgIpc) is 2.83. The first kappa shape index (κ1) is 16.1. The van der Waals surface area contributed by atoms with Crippen LogP contribution in [0.2, 0.25) is 0 Å². The summed E-state index contributed by atoms with van der Waals surface area (Å²) >= 11 is 0. The maximum absolute atomic E-state index is 14.0. The minimum absolute atomic E-state index is 0.0134. The first-order valence-electron chi connectivity index (χ1n) is 8.36. The van der Waals surface area contributed by atoms with Crippen molar-refractivity contribution in [1.29, 1.82) is 0 Å². The summed E-state index contributed by atoms with van der Waals surface area (Å²) < 4.78 is 47.4. The zero-order valence-electron chi connectivity index (χ0n) is 13.8. The van der Waals surface area contributed by atoms with Crippen molar-refractivity contribution in [3.8, 4) is 5.88 Å². The molecule has 6 heteroatoms. The summed E-state index contributed by atoms with van der Waals surface area (Å²) in [5.41, 5.74) is 1.17. The molecule has 130 valence electrons. The van der Waals surface area contributed by atoms with Gasteiger partial charge in [-0.3, -0.25) is 4.98 Å². The molecule has 0 saturated heterocycles. The smallest absolute Gasteiger partial charge is 0.417 e. The molecule has 0 atom stereocenters. The van der Waals surface area contributed by atoms with Crippen LogP contribution in [0.15, 0.2) is 24.3 Å². The molecule has 0 bridgehead atoms. The molecular weight excluding hydrogens is 329 g/mol. The Morgan fingerprint density at radius 1 is 1.00 bits per heavy atom. The fourth-order valence-corrected chi connectivity index (χ4v) is 3.72. The maximum atomic E-state index is 14.0. The second-order valence-corrected chi connectivity index (χ2v) is 6.33. The van der Waals surface area contributed by atoms with Gasteiger partial charge < -0.3 is 4.74 Å². The second kappa shape index (κ2) is 5.86. The minimum atomic E-state index is -4.48. The van der Waals surface area contributed by atoms with Gasteiger partial charge in [-0.25, -0.2) is 4.98 Å². The number of benzene rings is 1. The molecule has 2 aromatic heterocycles. The first-order chi connectivity index (χ1) is 12.0. The van der Waals surface area contributed by atoms with Gasteiger partial charge in [0.2, 0.25) is 5.88 Å². The van der Waals surface area contributed by atoms with Gasteiger partial charge in [0.15, 0.2) is 0 Å². The van der Waals surface area contributed by atoms with Gasteiger partial charge >= 0.3 is 6.18 Å². The zero-order valence-corrected chi connectivity index (χ0v) is 13.8. The summed E-state index contributed by atoms with van der Waals surface area (Å²) in [4.78, 5) is 8.97. The number of hydrogen-bond acceptors (Lipinski definition) is 3. The minimum Gasteiger partial charge on any atom is -0.480 e. The molecule has 0 saturated carbocycles. The Balaban J connectivity index is 2.23. The van der Waals surface area contributed by atoms with E-state index in [0.717, 1.165) is 19.3 Å². The van der Waals surface area contributed by atoms with Crippen molar-refractivity contribution in [2.75, 3.05) is 7.11 Å². The standard InChI is InChI=1S/C19H17F3N2O/c1-25-18-15-16(19(20,21)22)11-7-3-2-4-9-13(11)23-17(15)12-8-5-6-10-14(12)24-18/h5-6,8,10H,2-4,7,9H2,1H3. The SMILES string of the molecule is COc1nc2ccccc2c2nc3c(c(C(F)(F)F)c12)CCCCC3. The van der Waals surface area contributed by atoms with Crippen molar-refractivity contribution in [2.24, 2.45) is 0 Å². The van der Waals surface area contributed by atoms with Crippen LogP contribution < -0.4 is 4.74 Å². The van der Waals surface area contributed by atoms with E-state index in [9.17, 15) is 13.2 Å². The number of halogens is 3. The topological polar surface area (TPSA) is 35.0 Å². The van der Waals surface area contributed by atoms with E-state index in [1.807, 2.05) is 0 Å². The monoisotopic (exact) mass is 346 g/mol. The van der Waals surface area contributed by atoms with Crippen molar-refractivity contribution < 1.29 is 17.9 Å². The highest BCUT2D eigenvalue weighted by Gasteiger charge is 2.39. The Bertz CT molecular complexity index is 966. The number of nitrogens with zero attached hydrogens (tertiary/aromatic N) is 2. The van der Waals surface area contributed by atoms with Crippen LogP contribution in [0, 0.1) is 0 Å². The number of para-hydroxylation sites is 1. The first-order valence-corrected chi connectivity index (χ1v) is 8.36. The normalized spacial score (nSPS) is 15.2. The molecule has 0 aliphatic heterocycles. The van der Waals surface area contributed by atoms with Gasteiger partial charge in [0.25, 0.3) is 0 Å². The van der Waals surface area contributed by atoms with Crippen LogP contribution in [0.4, 0.5) is 13.2 Å². The van der Waals surface area contributed by atoms with Gasteiger partial charge in [-0.2, -0.15) is 13.2 Å². The Kier molecular flexibility index (Phi) is 3.78. The summed E-state index contributed by atoms with van der Waals surface area (Å²) in [7, 11) is 1.35. The third-order valence-electron chi connectivity index (χ3n) is 4.80. The lowest BCUT2D eigenvalue weighted by molar-refractivity contribution is -0.137. The number of ether oxygens (including phenoxy) is 1. The second-order valence-electron chi connectivity index (χ2n) is 6.33. The number of aromatic nitrogens is 2. The van der Waals surface area contributed by atoms with Crippen LogP contribution >= 0.6 is 0 Å². The lowest BCUT2D eigenvalue weighted by Crippen LogP contribution is -2.14. The molecule has 3 nitrogen and oxygen atoms in total. The lowest BCUT2D eigenvalue weighted by atomic mass is 9.96. The van der Waals surface area contributed by atoms with E-state index < -0.39 is 11.7 Å². The molecular formula is C19H17F3N2O. The van der Waals surface area contributed by atoms with Crippen LogP contribution in [0.5, 0.6) is 5.88 Å². The van der Waals surface area contributed by atoms with Gasteiger partial charge in [0, 0.05) is 11.1 Å². The molecule has 2 heterocycles. The molecule has 0 amide bonds. The predicted molar refractivity (Wildman–Crippen MR) is 89.9 cm³/mol. The van der Waals surface area contributed by atoms with Crippen molar-refractivity contribution in [1.82, 2.24) is 9.97 Å². The maximum Gasteiger partial charge on any atom is 0.417 e. The summed E-state index contributed by atoms with van der Waals surface area (Å²) in [5, 5.41) is 0.602. The summed E-state index contributed by atoms with van der Waals surface area (Å²) in [5.74, 6) is -0.0134. The van der Waals surface area contributed by atoms with E-state index in [2.05, 4.69) is 9.97 Å². The Morgan fingerprint density at radius 3 is 2.52 bits per heavy atom. The van der Waals surface area contributed by atoms with Crippen LogP contribution in [-0.2, 0) is 19.0 Å². The zero-order chi connectivity index (χ0) is 17.6. The van der Waals surface area contributed by atoms with E-state index >= 15 is 0 Å². The van der Waals surface area contributed by atoms with E-state index in [4.69, 9.17) is 4.74 Å². The highest BCUT2D eigenvalue weighted by molar-refractivity contribution is 6.07. The molecule has 0 radical (unpaired) electrons. The number of hydrogen-bond donors (Lipinski definition) is 0. The van der Waals surface area contributed by atoms with Crippen LogP contribution in [-0.4, -0.2) is 17.1 Å². The van der Waals surface area contributed by atoms with Gasteiger partial charge in [-0.05, 0) is 37.3 Å². The molecule has 0 unspecified atom stereocenters. The molecule has 0 spiro atoms. The summed E-state index contributed by atoms with van der Waals surface area (Å²) in [6.45, 7) is 0. The van der Waals surface area contributed by atoms with Crippen molar-refractivity contribution in [2.45, 2.75) is 38.3 Å². The largest absolute Gasteiger partial charge is 0.480 e. The summed E-state index contributed by atoms with van der Waals surface area (Å²) in [6, 6.07) is 7.11. The Morgan fingerprint density at radius 2 is 1.76 bits per heavy atom. The molecule has 0 N–H and O–H groups in total. The lowest BCUT2D eigenvalue weighted by Gasteiger charge is -2.20. The fourth-order valence-electron chi connectivity index (χ4n) is 3.72. The predicted octanol–water partition coefficient (Wildman–Crippen LogP) is 5.08. The van der Waals surface area contributed by atoms with Crippen molar-refractivity contribution in [3.63, 3.8) is 0 Å². The van der Waals surface area contributed by atoms with Crippen molar-refractivity contribution >= 4 is 21.8 Å². The molecule has 1 aliphatic carbocycles. The number of aryl methyl sites for hydroxylation is 1. The van der Waals surface area contributed by atoms with Gasteiger partial charge in [-0.1, -0.05) is 24.6 Å². The van der Waals surface area contributed by atoms with E-state index in [1.165, 1.54) is 7.11 Å².